The van der Waals surface area contributed by atoms with Crippen LogP contribution in [0.1, 0.15) is 23.6 Å². The average Bonchev–Trinajstić information content (AvgIpc) is 2.76. The molecule has 1 saturated heterocycles. The molecular weight excluding hydrogens is 378 g/mol. The molecule has 29 heavy (non-hydrogen) atoms. The summed E-state index contributed by atoms with van der Waals surface area (Å²) in [5.41, 5.74) is 1.70. The van der Waals surface area contributed by atoms with Crippen molar-refractivity contribution in [3.8, 4) is 17.2 Å². The maximum Gasteiger partial charge on any atom is 0.240 e. The summed E-state index contributed by atoms with van der Waals surface area (Å²) in [6, 6.07) is 12.8. The summed E-state index contributed by atoms with van der Waals surface area (Å²) in [5, 5.41) is 3.27. The lowest BCUT2D eigenvalue weighted by Gasteiger charge is -2.36. The summed E-state index contributed by atoms with van der Waals surface area (Å²) >= 11 is 0. The lowest BCUT2D eigenvalue weighted by molar-refractivity contribution is 0.0723. The molecule has 1 heterocycles. The number of ether oxygens (including phenoxy) is 3. The van der Waals surface area contributed by atoms with E-state index in [2.05, 4.69) is 10.2 Å². The molecule has 0 aliphatic carbocycles. The van der Waals surface area contributed by atoms with Crippen molar-refractivity contribution in [2.24, 2.45) is 0 Å². The molecule has 0 saturated carbocycles. The van der Waals surface area contributed by atoms with Gasteiger partial charge in [0, 0.05) is 50.3 Å². The lowest BCUT2D eigenvalue weighted by Crippen LogP contribution is -2.45. The fraction of sp³-hybridized carbons (Fsp3) is 0.455. The first-order valence-electron chi connectivity index (χ1n) is 9.78. The van der Waals surface area contributed by atoms with Gasteiger partial charge in [-0.2, -0.15) is 0 Å². The maximum absolute atomic E-state index is 13.5. The zero-order valence-electron chi connectivity index (χ0n) is 16.9. The Morgan fingerprint density at radius 3 is 2.24 bits per heavy atom. The van der Waals surface area contributed by atoms with Gasteiger partial charge in [-0.3, -0.25) is 4.90 Å². The zero-order chi connectivity index (χ0) is 20.6. The Morgan fingerprint density at radius 2 is 1.62 bits per heavy atom. The van der Waals surface area contributed by atoms with E-state index in [4.69, 9.17) is 14.2 Å². The third-order valence-electron chi connectivity index (χ3n) is 5.11. The molecule has 3 rings (SSSR count). The third kappa shape index (κ3) is 5.58. The van der Waals surface area contributed by atoms with Gasteiger partial charge in [-0.25, -0.2) is 8.78 Å². The Morgan fingerprint density at radius 1 is 0.966 bits per heavy atom. The van der Waals surface area contributed by atoms with Crippen LogP contribution < -0.4 is 19.5 Å². The molecule has 158 valence electrons. The van der Waals surface area contributed by atoms with Crippen LogP contribution >= 0.6 is 0 Å². The number of rotatable bonds is 9. The molecule has 0 spiro atoms. The second kappa shape index (κ2) is 10.4. The van der Waals surface area contributed by atoms with Gasteiger partial charge in [-0.05, 0) is 11.6 Å². The molecule has 0 unspecified atom stereocenters. The Balaban J connectivity index is 1.97. The van der Waals surface area contributed by atoms with Crippen LogP contribution in [0.5, 0.6) is 17.2 Å². The Kier molecular flexibility index (Phi) is 7.66. The molecule has 1 aliphatic heterocycles. The van der Waals surface area contributed by atoms with Crippen molar-refractivity contribution in [1.82, 2.24) is 10.2 Å². The zero-order valence-corrected chi connectivity index (χ0v) is 16.9. The summed E-state index contributed by atoms with van der Waals surface area (Å²) in [6.07, 6.45) is -2.69. The van der Waals surface area contributed by atoms with Gasteiger partial charge in [0.25, 0.3) is 0 Å². The first kappa shape index (κ1) is 21.3. The number of nitrogens with one attached hydrogen (secondary N) is 1. The maximum atomic E-state index is 13.5. The van der Waals surface area contributed by atoms with Crippen molar-refractivity contribution in [3.63, 3.8) is 0 Å². The summed E-state index contributed by atoms with van der Waals surface area (Å²) in [7, 11) is 3.09. The van der Waals surface area contributed by atoms with E-state index in [1.54, 1.807) is 26.4 Å². The number of halogens is 2. The first-order chi connectivity index (χ1) is 14.1. The van der Waals surface area contributed by atoms with Gasteiger partial charge in [0.15, 0.2) is 11.5 Å². The normalized spacial score (nSPS) is 15.9. The van der Waals surface area contributed by atoms with Crippen LogP contribution in [0.25, 0.3) is 0 Å². The monoisotopic (exact) mass is 406 g/mol. The molecule has 2 aromatic rings. The largest absolute Gasteiger partial charge is 0.493 e. The van der Waals surface area contributed by atoms with Gasteiger partial charge < -0.3 is 19.5 Å². The van der Waals surface area contributed by atoms with Crippen molar-refractivity contribution in [1.29, 1.82) is 0 Å². The van der Waals surface area contributed by atoms with E-state index < -0.39 is 12.5 Å². The predicted molar refractivity (Wildman–Crippen MR) is 108 cm³/mol. The molecule has 1 aliphatic rings. The first-order valence-corrected chi connectivity index (χ1v) is 9.78. The van der Waals surface area contributed by atoms with E-state index >= 15 is 0 Å². The number of piperazine rings is 1. The third-order valence-corrected chi connectivity index (χ3v) is 5.11. The molecule has 0 amide bonds. The Hall–Kier alpha value is -2.38. The highest BCUT2D eigenvalue weighted by molar-refractivity contribution is 5.52. The molecule has 2 aromatic carbocycles. The molecule has 1 N–H and O–H groups in total. The number of benzene rings is 2. The van der Waals surface area contributed by atoms with Crippen LogP contribution in [0.4, 0.5) is 8.78 Å². The van der Waals surface area contributed by atoms with E-state index in [0.717, 1.165) is 18.7 Å². The van der Waals surface area contributed by atoms with E-state index in [9.17, 15) is 8.78 Å². The highest BCUT2D eigenvalue weighted by atomic mass is 19.3. The molecule has 0 aromatic heterocycles. The number of methoxy groups -OCH3 is 2. The minimum atomic E-state index is -2.43. The quantitative estimate of drug-likeness (QED) is 0.685. The molecule has 0 radical (unpaired) electrons. The van der Waals surface area contributed by atoms with Crippen LogP contribution in [0, 0.1) is 0 Å². The minimum absolute atomic E-state index is 0.267. The standard InChI is InChI=1S/C22H28F2N2O3/c1-27-20-12-17(18(13-22(23)24)26-10-8-25-9-11-26)19(14-21(20)28-2)29-15-16-6-4-3-5-7-16/h3-7,12,14,18,22,25H,8-11,13,15H2,1-2H3/t18-/m0/s1. The Labute approximate surface area is 170 Å². The number of hydrogen-bond acceptors (Lipinski definition) is 5. The average molecular weight is 406 g/mol. The SMILES string of the molecule is COc1cc(OCc2ccccc2)c([C@H](CC(F)F)N2CCNCC2)cc1OC. The molecule has 0 bridgehead atoms. The van der Waals surface area contributed by atoms with Crippen molar-refractivity contribution in [2.75, 3.05) is 40.4 Å². The molecule has 5 nitrogen and oxygen atoms in total. The molecule has 7 heteroatoms. The number of hydrogen-bond donors (Lipinski definition) is 1. The number of alkyl halides is 2. The predicted octanol–water partition coefficient (Wildman–Crippen LogP) is 3.88. The van der Waals surface area contributed by atoms with Crippen molar-refractivity contribution < 1.29 is 23.0 Å². The van der Waals surface area contributed by atoms with Crippen LogP contribution in [-0.4, -0.2) is 51.7 Å². The van der Waals surface area contributed by atoms with Crippen LogP contribution in [0.15, 0.2) is 42.5 Å². The van der Waals surface area contributed by atoms with E-state index in [1.165, 1.54) is 0 Å². The van der Waals surface area contributed by atoms with Gasteiger partial charge in [0.1, 0.15) is 12.4 Å². The van der Waals surface area contributed by atoms with Crippen molar-refractivity contribution in [2.45, 2.75) is 25.5 Å². The van der Waals surface area contributed by atoms with Gasteiger partial charge >= 0.3 is 0 Å². The van der Waals surface area contributed by atoms with Crippen LogP contribution in [0.2, 0.25) is 0 Å². The number of nitrogens with zero attached hydrogens (tertiary/aromatic N) is 1. The van der Waals surface area contributed by atoms with Crippen molar-refractivity contribution >= 4 is 0 Å². The fourth-order valence-corrected chi connectivity index (χ4v) is 3.63. The van der Waals surface area contributed by atoms with Gasteiger partial charge in [-0.1, -0.05) is 30.3 Å². The smallest absolute Gasteiger partial charge is 0.240 e. The summed E-state index contributed by atoms with van der Waals surface area (Å²) in [4.78, 5) is 2.08. The summed E-state index contributed by atoms with van der Waals surface area (Å²) in [5.74, 6) is 1.55. The highest BCUT2D eigenvalue weighted by Gasteiger charge is 2.29. The molecule has 1 fully saturated rings. The van der Waals surface area contributed by atoms with Gasteiger partial charge in [0.05, 0.1) is 14.2 Å². The lowest BCUT2D eigenvalue weighted by atomic mass is 9.99. The minimum Gasteiger partial charge on any atom is -0.493 e. The molecular formula is C22H28F2N2O3. The fourth-order valence-electron chi connectivity index (χ4n) is 3.63. The summed E-state index contributed by atoms with van der Waals surface area (Å²) < 4.78 is 43.9. The van der Waals surface area contributed by atoms with Crippen LogP contribution in [-0.2, 0) is 6.61 Å². The summed E-state index contributed by atoms with van der Waals surface area (Å²) in [6.45, 7) is 3.28. The van der Waals surface area contributed by atoms with Gasteiger partial charge in [0.2, 0.25) is 6.43 Å². The van der Waals surface area contributed by atoms with E-state index in [1.807, 2.05) is 30.3 Å². The van der Waals surface area contributed by atoms with Crippen LogP contribution in [0.3, 0.4) is 0 Å². The van der Waals surface area contributed by atoms with Crippen molar-refractivity contribution in [3.05, 3.63) is 53.6 Å². The second-order valence-electron chi connectivity index (χ2n) is 6.95. The Bertz CT molecular complexity index is 768. The highest BCUT2D eigenvalue weighted by Crippen LogP contribution is 2.41. The van der Waals surface area contributed by atoms with E-state index in [0.29, 0.717) is 42.5 Å². The topological polar surface area (TPSA) is 43.0 Å². The second-order valence-corrected chi connectivity index (χ2v) is 6.95. The van der Waals surface area contributed by atoms with Gasteiger partial charge in [-0.15, -0.1) is 0 Å². The molecule has 1 atom stereocenters. The van der Waals surface area contributed by atoms with E-state index in [-0.39, 0.29) is 6.42 Å².